The Morgan fingerprint density at radius 1 is 1.11 bits per heavy atom. The van der Waals surface area contributed by atoms with E-state index < -0.39 is 17.8 Å². The molecule has 3 rings (SSSR count). The number of benzene rings is 2. The van der Waals surface area contributed by atoms with Crippen molar-refractivity contribution in [1.29, 1.82) is 0 Å². The van der Waals surface area contributed by atoms with Crippen molar-refractivity contribution in [1.82, 2.24) is 10.6 Å². The minimum Gasteiger partial charge on any atom is -0.493 e. The van der Waals surface area contributed by atoms with Crippen LogP contribution in [0.5, 0.6) is 11.5 Å². The molecule has 1 fully saturated rings. The monoisotopic (exact) mass is 508 g/mol. The molecule has 2 N–H and O–H groups in total. The number of hydrogen-bond acceptors (Lipinski definition) is 6. The molecule has 0 spiro atoms. The fourth-order valence-corrected chi connectivity index (χ4v) is 3.34. The van der Waals surface area contributed by atoms with Crippen LogP contribution >= 0.6 is 34.8 Å². The van der Waals surface area contributed by atoms with Gasteiger partial charge in [0.2, 0.25) is 0 Å². The second-order valence-electron chi connectivity index (χ2n) is 5.59. The Morgan fingerprint density at radius 2 is 1.75 bits per heavy atom. The molecule has 1 aliphatic rings. The van der Waals surface area contributed by atoms with E-state index in [1.165, 1.54) is 13.2 Å². The largest absolute Gasteiger partial charge is 0.493 e. The predicted molar refractivity (Wildman–Crippen MR) is 114 cm³/mol. The van der Waals surface area contributed by atoms with E-state index in [1.807, 2.05) is 22.6 Å². The highest BCUT2D eigenvalue weighted by molar-refractivity contribution is 14.1. The predicted octanol–water partition coefficient (Wildman–Crippen LogP) is 2.43. The number of halogens is 1. The Kier molecular flexibility index (Phi) is 6.05. The zero-order valence-corrected chi connectivity index (χ0v) is 17.4. The lowest BCUT2D eigenvalue weighted by Crippen LogP contribution is -2.51. The van der Waals surface area contributed by atoms with Crippen molar-refractivity contribution in [2.75, 3.05) is 7.11 Å². The Balaban J connectivity index is 1.93. The number of nitrogens with one attached hydrogen (secondary N) is 2. The van der Waals surface area contributed by atoms with Gasteiger partial charge in [-0.25, -0.2) is 4.79 Å². The van der Waals surface area contributed by atoms with Crippen molar-refractivity contribution >= 4 is 63.8 Å². The van der Waals surface area contributed by atoms with Crippen LogP contribution in [0.2, 0.25) is 0 Å². The van der Waals surface area contributed by atoms with E-state index in [4.69, 9.17) is 21.7 Å². The van der Waals surface area contributed by atoms with Gasteiger partial charge in [0.25, 0.3) is 11.8 Å². The normalized spacial score (nSPS) is 13.5. The molecule has 0 aliphatic carbocycles. The number of thiocarbonyl (C=S) groups is 1. The first-order valence-electron chi connectivity index (χ1n) is 7.92. The first-order valence-corrected chi connectivity index (χ1v) is 9.41. The molecular formula is C19H13IN2O5S. The lowest BCUT2D eigenvalue weighted by atomic mass is 10.1. The van der Waals surface area contributed by atoms with Crippen LogP contribution in [-0.4, -0.2) is 30.0 Å². The SMILES string of the molecule is COc1cc(C=C2C(=O)NC(=S)NC2=O)cc(I)c1OC(=O)c1ccccc1. The molecule has 1 saturated heterocycles. The minimum absolute atomic E-state index is 0.0394. The highest BCUT2D eigenvalue weighted by Gasteiger charge is 2.26. The first-order chi connectivity index (χ1) is 13.4. The maximum absolute atomic E-state index is 12.3. The zero-order chi connectivity index (χ0) is 20.3. The van der Waals surface area contributed by atoms with Gasteiger partial charge in [0, 0.05) is 0 Å². The van der Waals surface area contributed by atoms with Crippen molar-refractivity contribution in [3.05, 3.63) is 62.7 Å². The summed E-state index contributed by atoms with van der Waals surface area (Å²) in [6.07, 6.45) is 1.40. The average Bonchev–Trinajstić information content (AvgIpc) is 2.67. The summed E-state index contributed by atoms with van der Waals surface area (Å²) in [5.41, 5.74) is 0.826. The lowest BCUT2D eigenvalue weighted by Gasteiger charge is -2.17. The molecule has 7 nitrogen and oxygen atoms in total. The molecule has 2 aromatic carbocycles. The maximum Gasteiger partial charge on any atom is 0.343 e. The number of methoxy groups -OCH3 is 1. The summed E-state index contributed by atoms with van der Waals surface area (Å²) >= 11 is 6.76. The molecule has 28 heavy (non-hydrogen) atoms. The maximum atomic E-state index is 12.3. The van der Waals surface area contributed by atoms with Gasteiger partial charge in [0.05, 0.1) is 16.2 Å². The molecule has 0 aromatic heterocycles. The van der Waals surface area contributed by atoms with Crippen LogP contribution in [0.15, 0.2) is 48.0 Å². The van der Waals surface area contributed by atoms with Gasteiger partial charge in [0.15, 0.2) is 16.6 Å². The summed E-state index contributed by atoms with van der Waals surface area (Å²) in [6.45, 7) is 0. The fraction of sp³-hybridized carbons (Fsp3) is 0.0526. The topological polar surface area (TPSA) is 93.7 Å². The summed E-state index contributed by atoms with van der Waals surface area (Å²) in [6, 6.07) is 11.8. The molecule has 9 heteroatoms. The van der Waals surface area contributed by atoms with Crippen LogP contribution in [0.25, 0.3) is 6.08 Å². The van der Waals surface area contributed by atoms with E-state index in [0.717, 1.165) is 0 Å². The first kappa shape index (κ1) is 20.0. The number of esters is 1. The number of carbonyl (C=O) groups is 3. The van der Waals surface area contributed by atoms with Gasteiger partial charge < -0.3 is 9.47 Å². The van der Waals surface area contributed by atoms with Gasteiger partial charge in [-0.05, 0) is 70.7 Å². The van der Waals surface area contributed by atoms with Crippen LogP contribution in [0.4, 0.5) is 0 Å². The van der Waals surface area contributed by atoms with E-state index in [0.29, 0.717) is 14.7 Å². The minimum atomic E-state index is -0.595. The number of amides is 2. The molecule has 1 aliphatic heterocycles. The van der Waals surface area contributed by atoms with Crippen LogP contribution in [0, 0.1) is 3.57 Å². The Morgan fingerprint density at radius 3 is 2.36 bits per heavy atom. The summed E-state index contributed by atoms with van der Waals surface area (Å²) in [5, 5.41) is 4.70. The van der Waals surface area contributed by atoms with Crippen LogP contribution in [0.1, 0.15) is 15.9 Å². The summed E-state index contributed by atoms with van der Waals surface area (Å²) in [5.74, 6) is -1.18. The van der Waals surface area contributed by atoms with Crippen molar-refractivity contribution < 1.29 is 23.9 Å². The van der Waals surface area contributed by atoms with Crippen molar-refractivity contribution in [3.63, 3.8) is 0 Å². The number of carbonyl (C=O) groups excluding carboxylic acids is 3. The van der Waals surface area contributed by atoms with Gasteiger partial charge in [-0.1, -0.05) is 18.2 Å². The number of ether oxygens (including phenoxy) is 2. The molecule has 1 heterocycles. The highest BCUT2D eigenvalue weighted by Crippen LogP contribution is 2.35. The van der Waals surface area contributed by atoms with Gasteiger partial charge in [-0.3, -0.25) is 20.2 Å². The van der Waals surface area contributed by atoms with Gasteiger partial charge in [-0.2, -0.15) is 0 Å². The third-order valence-electron chi connectivity index (χ3n) is 3.71. The Labute approximate surface area is 179 Å². The van der Waals surface area contributed by atoms with E-state index in [-0.39, 0.29) is 22.2 Å². The average molecular weight is 508 g/mol. The second kappa shape index (κ2) is 8.48. The third-order valence-corrected chi connectivity index (χ3v) is 4.72. The summed E-state index contributed by atoms with van der Waals surface area (Å²) in [7, 11) is 1.43. The summed E-state index contributed by atoms with van der Waals surface area (Å²) < 4.78 is 11.4. The molecule has 0 atom stereocenters. The standard InChI is InChI=1S/C19H13IN2O5S/c1-26-14-9-10(7-12-16(23)21-19(28)22-17(12)24)8-13(20)15(14)27-18(25)11-5-3-2-4-6-11/h2-9H,1H3,(H2,21,22,23,24,28). The molecular weight excluding hydrogens is 495 g/mol. The Bertz CT molecular complexity index is 998. The lowest BCUT2D eigenvalue weighted by molar-refractivity contribution is -0.123. The highest BCUT2D eigenvalue weighted by atomic mass is 127. The van der Waals surface area contributed by atoms with E-state index in [2.05, 4.69) is 10.6 Å². The Hall–Kier alpha value is -2.79. The fourth-order valence-electron chi connectivity index (χ4n) is 2.42. The van der Waals surface area contributed by atoms with Crippen molar-refractivity contribution in [2.45, 2.75) is 0 Å². The molecule has 0 bridgehead atoms. The molecule has 0 saturated carbocycles. The van der Waals surface area contributed by atoms with Gasteiger partial charge >= 0.3 is 5.97 Å². The molecule has 0 unspecified atom stereocenters. The van der Waals surface area contributed by atoms with E-state index in [9.17, 15) is 14.4 Å². The quantitative estimate of drug-likeness (QED) is 0.165. The third kappa shape index (κ3) is 4.37. The number of hydrogen-bond donors (Lipinski definition) is 2. The van der Waals surface area contributed by atoms with Crippen molar-refractivity contribution in [3.8, 4) is 11.5 Å². The van der Waals surface area contributed by atoms with Crippen LogP contribution < -0.4 is 20.1 Å². The zero-order valence-electron chi connectivity index (χ0n) is 14.4. The number of rotatable bonds is 4. The molecule has 2 aromatic rings. The summed E-state index contributed by atoms with van der Waals surface area (Å²) in [4.78, 5) is 36.3. The molecule has 0 radical (unpaired) electrons. The van der Waals surface area contributed by atoms with Gasteiger partial charge in [-0.15, -0.1) is 0 Å². The van der Waals surface area contributed by atoms with Crippen LogP contribution in [0.3, 0.4) is 0 Å². The van der Waals surface area contributed by atoms with Gasteiger partial charge in [0.1, 0.15) is 5.57 Å². The van der Waals surface area contributed by atoms with Crippen molar-refractivity contribution in [2.24, 2.45) is 0 Å². The smallest absolute Gasteiger partial charge is 0.343 e. The van der Waals surface area contributed by atoms with Crippen LogP contribution in [-0.2, 0) is 9.59 Å². The second-order valence-corrected chi connectivity index (χ2v) is 7.16. The molecule has 2 amide bonds. The van der Waals surface area contributed by atoms with E-state index >= 15 is 0 Å². The molecule has 142 valence electrons. The van der Waals surface area contributed by atoms with E-state index in [1.54, 1.807) is 42.5 Å².